The van der Waals surface area contributed by atoms with E-state index in [0.29, 0.717) is 18.8 Å². The number of anilines is 2. The molecule has 1 aromatic heterocycles. The highest BCUT2D eigenvalue weighted by Crippen LogP contribution is 2.32. The van der Waals surface area contributed by atoms with Crippen molar-refractivity contribution in [2.45, 2.75) is 27.0 Å². The van der Waals surface area contributed by atoms with Crippen molar-refractivity contribution in [3.8, 4) is 17.0 Å². The maximum atomic E-state index is 11.5. The molecule has 7 heteroatoms. The molecule has 0 bridgehead atoms. The summed E-state index contributed by atoms with van der Waals surface area (Å²) in [6.07, 6.45) is 0. The smallest absolute Gasteiger partial charge is 0.221 e. The van der Waals surface area contributed by atoms with Crippen LogP contribution in [0.5, 0.6) is 5.75 Å². The highest BCUT2D eigenvalue weighted by molar-refractivity contribution is 5.93. The SMILES string of the molecule is CC(=O)Nc1ccc2c(c1)OCc1cc(-c3ccccc3NC(C)=O)nn1C2. The number of amides is 2. The van der Waals surface area contributed by atoms with Gasteiger partial charge in [0.2, 0.25) is 11.8 Å². The molecule has 0 aliphatic carbocycles. The van der Waals surface area contributed by atoms with Crippen molar-refractivity contribution in [1.29, 1.82) is 0 Å². The van der Waals surface area contributed by atoms with Crippen molar-refractivity contribution >= 4 is 23.2 Å². The van der Waals surface area contributed by atoms with Crippen LogP contribution in [0.3, 0.4) is 0 Å². The van der Waals surface area contributed by atoms with Crippen molar-refractivity contribution in [3.63, 3.8) is 0 Å². The van der Waals surface area contributed by atoms with Gasteiger partial charge in [-0.05, 0) is 18.2 Å². The topological polar surface area (TPSA) is 85.2 Å². The van der Waals surface area contributed by atoms with E-state index in [0.717, 1.165) is 34.0 Å². The molecule has 2 N–H and O–H groups in total. The minimum Gasteiger partial charge on any atom is -0.487 e. The number of para-hydroxylation sites is 1. The predicted octanol–water partition coefficient (Wildman–Crippen LogP) is 3.41. The molecule has 0 spiro atoms. The molecule has 0 radical (unpaired) electrons. The zero-order valence-corrected chi connectivity index (χ0v) is 15.7. The van der Waals surface area contributed by atoms with E-state index in [1.807, 2.05) is 53.2 Å². The molecule has 7 nitrogen and oxygen atoms in total. The summed E-state index contributed by atoms with van der Waals surface area (Å²) in [6, 6.07) is 15.2. The molecule has 0 unspecified atom stereocenters. The van der Waals surface area contributed by atoms with Gasteiger partial charge in [-0.2, -0.15) is 5.10 Å². The molecule has 3 aromatic rings. The van der Waals surface area contributed by atoms with Crippen LogP contribution in [-0.4, -0.2) is 21.6 Å². The van der Waals surface area contributed by atoms with E-state index in [9.17, 15) is 9.59 Å². The normalized spacial score (nSPS) is 12.2. The van der Waals surface area contributed by atoms with Crippen molar-refractivity contribution in [2.24, 2.45) is 0 Å². The lowest BCUT2D eigenvalue weighted by molar-refractivity contribution is -0.115. The Labute approximate surface area is 162 Å². The first kappa shape index (κ1) is 17.8. The number of aromatic nitrogens is 2. The van der Waals surface area contributed by atoms with Crippen molar-refractivity contribution < 1.29 is 14.3 Å². The average Bonchev–Trinajstić information content (AvgIpc) is 2.96. The number of rotatable bonds is 3. The number of nitrogens with zero attached hydrogens (tertiary/aromatic N) is 2. The Hall–Kier alpha value is -3.61. The third-order valence-electron chi connectivity index (χ3n) is 4.46. The first-order valence-electron chi connectivity index (χ1n) is 8.96. The van der Waals surface area contributed by atoms with Crippen LogP contribution in [0.2, 0.25) is 0 Å². The molecule has 28 heavy (non-hydrogen) atoms. The van der Waals surface area contributed by atoms with Crippen molar-refractivity contribution in [3.05, 3.63) is 59.8 Å². The highest BCUT2D eigenvalue weighted by atomic mass is 16.5. The summed E-state index contributed by atoms with van der Waals surface area (Å²) >= 11 is 0. The van der Waals surface area contributed by atoms with E-state index in [2.05, 4.69) is 10.6 Å². The highest BCUT2D eigenvalue weighted by Gasteiger charge is 2.19. The summed E-state index contributed by atoms with van der Waals surface area (Å²) in [5.41, 5.74) is 4.99. The quantitative estimate of drug-likeness (QED) is 0.734. The molecule has 0 saturated heterocycles. The first-order valence-corrected chi connectivity index (χ1v) is 8.96. The Morgan fingerprint density at radius 3 is 2.61 bits per heavy atom. The van der Waals surface area contributed by atoms with Crippen LogP contribution in [0.25, 0.3) is 11.3 Å². The van der Waals surface area contributed by atoms with Crippen LogP contribution in [0.1, 0.15) is 25.1 Å². The third-order valence-corrected chi connectivity index (χ3v) is 4.46. The number of ether oxygens (including phenoxy) is 1. The number of fused-ring (bicyclic) bond motifs is 2. The van der Waals surface area contributed by atoms with Gasteiger partial charge in [0.25, 0.3) is 0 Å². The summed E-state index contributed by atoms with van der Waals surface area (Å²) < 4.78 is 7.87. The zero-order chi connectivity index (χ0) is 19.7. The van der Waals surface area contributed by atoms with Crippen molar-refractivity contribution in [1.82, 2.24) is 9.78 Å². The van der Waals surface area contributed by atoms with E-state index in [4.69, 9.17) is 9.84 Å². The summed E-state index contributed by atoms with van der Waals surface area (Å²) in [5.74, 6) is 0.487. The number of benzene rings is 2. The number of carbonyl (C=O) groups is 2. The predicted molar refractivity (Wildman–Crippen MR) is 106 cm³/mol. The number of hydrogen-bond acceptors (Lipinski definition) is 4. The number of nitrogens with one attached hydrogen (secondary N) is 2. The second-order valence-corrected chi connectivity index (χ2v) is 6.70. The molecule has 2 amide bonds. The molecular weight excluding hydrogens is 356 g/mol. The summed E-state index contributed by atoms with van der Waals surface area (Å²) in [6.45, 7) is 3.89. The molecule has 2 aromatic carbocycles. The van der Waals surface area contributed by atoms with Gasteiger partial charge in [0.1, 0.15) is 12.4 Å². The van der Waals surface area contributed by atoms with Crippen LogP contribution in [0, 0.1) is 0 Å². The van der Waals surface area contributed by atoms with Gasteiger partial charge in [-0.25, -0.2) is 0 Å². The van der Waals surface area contributed by atoms with E-state index < -0.39 is 0 Å². The van der Waals surface area contributed by atoms with Gasteiger partial charge in [0, 0.05) is 36.7 Å². The van der Waals surface area contributed by atoms with Gasteiger partial charge in [-0.3, -0.25) is 14.3 Å². The molecule has 1 aliphatic heterocycles. The second kappa shape index (κ2) is 7.19. The maximum Gasteiger partial charge on any atom is 0.221 e. The monoisotopic (exact) mass is 376 g/mol. The summed E-state index contributed by atoms with van der Waals surface area (Å²) in [4.78, 5) is 22.7. The lowest BCUT2D eigenvalue weighted by Crippen LogP contribution is -2.07. The molecule has 0 fully saturated rings. The Kier molecular flexibility index (Phi) is 4.57. The van der Waals surface area contributed by atoms with E-state index in [1.165, 1.54) is 13.8 Å². The van der Waals surface area contributed by atoms with Crippen LogP contribution in [-0.2, 0) is 22.7 Å². The lowest BCUT2D eigenvalue weighted by Gasteiger charge is -2.10. The van der Waals surface area contributed by atoms with Gasteiger partial charge < -0.3 is 15.4 Å². The Bertz CT molecular complexity index is 1070. The maximum absolute atomic E-state index is 11.5. The number of hydrogen-bond donors (Lipinski definition) is 2. The minimum atomic E-state index is -0.125. The standard InChI is InChI=1S/C21H20N4O3/c1-13(26)22-16-8-7-15-11-25-17(12-28-21(15)9-16)10-20(24-25)18-5-3-4-6-19(18)23-14(2)27/h3-10H,11-12H2,1-2H3,(H,22,26)(H,23,27). The second-order valence-electron chi connectivity index (χ2n) is 6.70. The van der Waals surface area contributed by atoms with E-state index in [1.54, 1.807) is 0 Å². The van der Waals surface area contributed by atoms with Gasteiger partial charge in [0.15, 0.2) is 0 Å². The molecular formula is C21H20N4O3. The fraction of sp³-hybridized carbons (Fsp3) is 0.190. The number of carbonyl (C=O) groups excluding carboxylic acids is 2. The molecule has 142 valence electrons. The minimum absolute atomic E-state index is 0.121. The van der Waals surface area contributed by atoms with Gasteiger partial charge in [-0.15, -0.1) is 0 Å². The van der Waals surface area contributed by atoms with Gasteiger partial charge >= 0.3 is 0 Å². The molecule has 2 heterocycles. The largest absolute Gasteiger partial charge is 0.487 e. The van der Waals surface area contributed by atoms with E-state index in [-0.39, 0.29) is 11.8 Å². The zero-order valence-electron chi connectivity index (χ0n) is 15.7. The summed E-state index contributed by atoms with van der Waals surface area (Å²) in [7, 11) is 0. The van der Waals surface area contributed by atoms with Crippen LogP contribution < -0.4 is 15.4 Å². The van der Waals surface area contributed by atoms with Crippen LogP contribution in [0.4, 0.5) is 11.4 Å². The first-order chi connectivity index (χ1) is 13.5. The molecule has 0 saturated carbocycles. The van der Waals surface area contributed by atoms with Gasteiger partial charge in [-0.1, -0.05) is 24.3 Å². The Morgan fingerprint density at radius 1 is 1.04 bits per heavy atom. The fourth-order valence-corrected chi connectivity index (χ4v) is 3.26. The van der Waals surface area contributed by atoms with E-state index >= 15 is 0 Å². The summed E-state index contributed by atoms with van der Waals surface area (Å²) in [5, 5.41) is 10.3. The molecule has 0 atom stereocenters. The van der Waals surface area contributed by atoms with Gasteiger partial charge in [0.05, 0.1) is 23.6 Å². The Morgan fingerprint density at radius 2 is 1.82 bits per heavy atom. The van der Waals surface area contributed by atoms with Crippen LogP contribution >= 0.6 is 0 Å². The lowest BCUT2D eigenvalue weighted by atomic mass is 10.1. The average molecular weight is 376 g/mol. The van der Waals surface area contributed by atoms with Crippen LogP contribution in [0.15, 0.2) is 48.5 Å². The third kappa shape index (κ3) is 3.59. The van der Waals surface area contributed by atoms with Crippen molar-refractivity contribution in [2.75, 3.05) is 10.6 Å². The Balaban J connectivity index is 1.65. The molecule has 1 aliphatic rings. The fourth-order valence-electron chi connectivity index (χ4n) is 3.26. The molecule has 4 rings (SSSR count).